The van der Waals surface area contributed by atoms with Crippen molar-refractivity contribution in [2.75, 3.05) is 0 Å². The molecular formula is C17H19N3. The number of aryl methyl sites for hydroxylation is 2. The van der Waals surface area contributed by atoms with Crippen LogP contribution in [0, 0.1) is 13.8 Å². The molecule has 1 unspecified atom stereocenters. The van der Waals surface area contributed by atoms with Gasteiger partial charge in [-0.1, -0.05) is 30.3 Å². The minimum absolute atomic E-state index is 0.0634. The minimum atomic E-state index is 0.0634. The summed E-state index contributed by atoms with van der Waals surface area (Å²) < 4.78 is 2.14. The molecule has 0 saturated heterocycles. The highest BCUT2D eigenvalue weighted by Crippen LogP contribution is 2.26. The summed E-state index contributed by atoms with van der Waals surface area (Å²) in [4.78, 5) is 4.79. The van der Waals surface area contributed by atoms with Crippen LogP contribution in [0.1, 0.15) is 29.8 Å². The van der Waals surface area contributed by atoms with Crippen LogP contribution in [-0.2, 0) is 0 Å². The van der Waals surface area contributed by atoms with Crippen LogP contribution in [0.25, 0.3) is 16.9 Å². The van der Waals surface area contributed by atoms with Crippen molar-refractivity contribution in [3.63, 3.8) is 0 Å². The molecule has 1 aromatic carbocycles. The highest BCUT2D eigenvalue weighted by Gasteiger charge is 2.11. The van der Waals surface area contributed by atoms with E-state index in [1.54, 1.807) is 0 Å². The van der Waals surface area contributed by atoms with E-state index in [9.17, 15) is 0 Å². The average Bonchev–Trinajstić information content (AvgIpc) is 2.78. The van der Waals surface area contributed by atoms with Gasteiger partial charge in [0.05, 0.1) is 5.69 Å². The lowest BCUT2D eigenvalue weighted by Gasteiger charge is -2.06. The molecule has 0 saturated carbocycles. The Kier molecular flexibility index (Phi) is 3.07. The van der Waals surface area contributed by atoms with Gasteiger partial charge in [0, 0.05) is 23.5 Å². The van der Waals surface area contributed by atoms with Gasteiger partial charge in [0.15, 0.2) is 0 Å². The first-order valence-electron chi connectivity index (χ1n) is 6.88. The molecule has 0 amide bonds. The van der Waals surface area contributed by atoms with E-state index in [4.69, 9.17) is 10.7 Å². The van der Waals surface area contributed by atoms with Crippen molar-refractivity contribution < 1.29 is 0 Å². The second kappa shape index (κ2) is 4.76. The Labute approximate surface area is 119 Å². The maximum atomic E-state index is 5.89. The van der Waals surface area contributed by atoms with E-state index in [-0.39, 0.29) is 6.04 Å². The summed E-state index contributed by atoms with van der Waals surface area (Å²) in [6, 6.07) is 12.6. The zero-order chi connectivity index (χ0) is 14.3. The van der Waals surface area contributed by atoms with Crippen LogP contribution in [0.3, 0.4) is 0 Å². The van der Waals surface area contributed by atoms with Gasteiger partial charge in [-0.2, -0.15) is 0 Å². The number of pyridine rings is 1. The van der Waals surface area contributed by atoms with Crippen molar-refractivity contribution >= 4 is 5.65 Å². The molecule has 0 aliphatic carbocycles. The van der Waals surface area contributed by atoms with Crippen LogP contribution in [0.15, 0.2) is 42.6 Å². The third-order valence-electron chi connectivity index (χ3n) is 3.79. The smallest absolute Gasteiger partial charge is 0.140 e. The molecule has 0 radical (unpaired) electrons. The molecule has 102 valence electrons. The monoisotopic (exact) mass is 265 g/mol. The molecule has 2 heterocycles. The van der Waals surface area contributed by atoms with E-state index in [2.05, 4.69) is 60.8 Å². The molecule has 2 aromatic heterocycles. The SMILES string of the molecule is Cc1cccn2c(C)c(-c3ccc(C(C)N)cc3)nc12. The van der Waals surface area contributed by atoms with Crippen LogP contribution in [0.4, 0.5) is 0 Å². The molecule has 0 fully saturated rings. The molecule has 3 nitrogen and oxygen atoms in total. The van der Waals surface area contributed by atoms with Gasteiger partial charge in [-0.3, -0.25) is 0 Å². The van der Waals surface area contributed by atoms with E-state index in [0.717, 1.165) is 28.2 Å². The predicted octanol–water partition coefficient (Wildman–Crippen LogP) is 3.64. The highest BCUT2D eigenvalue weighted by molar-refractivity contribution is 5.67. The van der Waals surface area contributed by atoms with Crippen molar-refractivity contribution in [1.82, 2.24) is 9.38 Å². The number of hydrogen-bond acceptors (Lipinski definition) is 2. The fourth-order valence-corrected chi connectivity index (χ4v) is 2.54. The van der Waals surface area contributed by atoms with Crippen molar-refractivity contribution in [3.05, 3.63) is 59.4 Å². The first-order valence-corrected chi connectivity index (χ1v) is 6.88. The molecule has 3 rings (SSSR count). The van der Waals surface area contributed by atoms with E-state index >= 15 is 0 Å². The number of benzene rings is 1. The summed E-state index contributed by atoms with van der Waals surface area (Å²) in [5.74, 6) is 0. The lowest BCUT2D eigenvalue weighted by Crippen LogP contribution is -2.04. The molecular weight excluding hydrogens is 246 g/mol. The summed E-state index contributed by atoms with van der Waals surface area (Å²) in [6.45, 7) is 6.19. The zero-order valence-electron chi connectivity index (χ0n) is 12.1. The van der Waals surface area contributed by atoms with Crippen LogP contribution in [0.5, 0.6) is 0 Å². The van der Waals surface area contributed by atoms with E-state index in [0.29, 0.717) is 0 Å². The Morgan fingerprint density at radius 2 is 1.80 bits per heavy atom. The lowest BCUT2D eigenvalue weighted by atomic mass is 10.0. The van der Waals surface area contributed by atoms with Gasteiger partial charge in [-0.05, 0) is 38.0 Å². The van der Waals surface area contributed by atoms with Crippen LogP contribution < -0.4 is 5.73 Å². The molecule has 0 bridgehead atoms. The van der Waals surface area contributed by atoms with Crippen molar-refractivity contribution in [2.45, 2.75) is 26.8 Å². The molecule has 0 aliphatic heterocycles. The molecule has 3 aromatic rings. The average molecular weight is 265 g/mol. The Morgan fingerprint density at radius 3 is 2.40 bits per heavy atom. The summed E-state index contributed by atoms with van der Waals surface area (Å²) in [5, 5.41) is 0. The normalized spacial score (nSPS) is 12.8. The standard InChI is InChI=1S/C17H19N3/c1-11-5-4-10-20-13(3)16(19-17(11)20)15-8-6-14(7-9-15)12(2)18/h4-10,12H,18H2,1-3H3. The number of hydrogen-bond donors (Lipinski definition) is 1. The maximum Gasteiger partial charge on any atom is 0.140 e. The van der Waals surface area contributed by atoms with Gasteiger partial charge in [0.25, 0.3) is 0 Å². The highest BCUT2D eigenvalue weighted by atomic mass is 15.0. The van der Waals surface area contributed by atoms with Crippen molar-refractivity contribution in [2.24, 2.45) is 5.73 Å². The Hall–Kier alpha value is -2.13. The summed E-state index contributed by atoms with van der Waals surface area (Å²) in [7, 11) is 0. The Bertz CT molecular complexity index is 752. The fourth-order valence-electron chi connectivity index (χ4n) is 2.54. The van der Waals surface area contributed by atoms with E-state index < -0.39 is 0 Å². The van der Waals surface area contributed by atoms with Crippen molar-refractivity contribution in [1.29, 1.82) is 0 Å². The zero-order valence-corrected chi connectivity index (χ0v) is 12.1. The summed E-state index contributed by atoms with van der Waals surface area (Å²) >= 11 is 0. The Morgan fingerprint density at radius 1 is 1.10 bits per heavy atom. The molecule has 1 atom stereocenters. The van der Waals surface area contributed by atoms with Gasteiger partial charge in [0.1, 0.15) is 5.65 Å². The third-order valence-corrected chi connectivity index (χ3v) is 3.79. The molecule has 2 N–H and O–H groups in total. The van der Waals surface area contributed by atoms with E-state index in [1.165, 1.54) is 5.56 Å². The summed E-state index contributed by atoms with van der Waals surface area (Å²) in [5.41, 5.74) is 12.6. The molecule has 20 heavy (non-hydrogen) atoms. The van der Waals surface area contributed by atoms with Crippen molar-refractivity contribution in [3.8, 4) is 11.3 Å². The van der Waals surface area contributed by atoms with Crippen LogP contribution >= 0.6 is 0 Å². The molecule has 3 heteroatoms. The van der Waals surface area contributed by atoms with Crippen LogP contribution in [-0.4, -0.2) is 9.38 Å². The fraction of sp³-hybridized carbons (Fsp3) is 0.235. The topological polar surface area (TPSA) is 43.3 Å². The molecule has 0 spiro atoms. The first-order chi connectivity index (χ1) is 9.58. The Balaban J connectivity index is 2.14. The number of imidazole rings is 1. The maximum absolute atomic E-state index is 5.89. The second-order valence-electron chi connectivity index (χ2n) is 5.34. The van der Waals surface area contributed by atoms with Gasteiger partial charge in [-0.15, -0.1) is 0 Å². The van der Waals surface area contributed by atoms with Gasteiger partial charge >= 0.3 is 0 Å². The number of nitrogens with zero attached hydrogens (tertiary/aromatic N) is 2. The number of fused-ring (bicyclic) bond motifs is 1. The van der Waals surface area contributed by atoms with Gasteiger partial charge in [0.2, 0.25) is 0 Å². The quantitative estimate of drug-likeness (QED) is 0.768. The first kappa shape index (κ1) is 12.9. The van der Waals surface area contributed by atoms with Gasteiger partial charge in [-0.25, -0.2) is 4.98 Å². The number of aromatic nitrogens is 2. The number of nitrogens with two attached hydrogens (primary N) is 1. The molecule has 0 aliphatic rings. The van der Waals surface area contributed by atoms with E-state index in [1.807, 2.05) is 6.92 Å². The number of rotatable bonds is 2. The minimum Gasteiger partial charge on any atom is -0.324 e. The predicted molar refractivity (Wildman–Crippen MR) is 82.7 cm³/mol. The third kappa shape index (κ3) is 2.00. The largest absolute Gasteiger partial charge is 0.324 e. The van der Waals surface area contributed by atoms with Gasteiger partial charge < -0.3 is 10.1 Å². The second-order valence-corrected chi connectivity index (χ2v) is 5.34. The van der Waals surface area contributed by atoms with Crippen LogP contribution in [0.2, 0.25) is 0 Å². The lowest BCUT2D eigenvalue weighted by molar-refractivity contribution is 0.818. The summed E-state index contributed by atoms with van der Waals surface area (Å²) in [6.07, 6.45) is 2.06.